The molecular formula is C9H8Cl2N2O2. The average molecular weight is 247 g/mol. The first kappa shape index (κ1) is 11.8. The summed E-state index contributed by atoms with van der Waals surface area (Å²) in [4.78, 5) is 4.56. The molecule has 0 spiro atoms. The van der Waals surface area contributed by atoms with Gasteiger partial charge in [0.1, 0.15) is 7.11 Å². The lowest BCUT2D eigenvalue weighted by atomic mass is 10.2. The first-order valence-corrected chi connectivity index (χ1v) is 4.73. The first-order valence-electron chi connectivity index (χ1n) is 3.97. The van der Waals surface area contributed by atoms with Crippen LogP contribution >= 0.6 is 23.2 Å². The molecule has 0 bridgehead atoms. The number of hydroxylamine groups is 1. The molecule has 0 unspecified atom stereocenters. The van der Waals surface area contributed by atoms with E-state index in [1.54, 1.807) is 18.2 Å². The Kier molecular flexibility index (Phi) is 4.39. The minimum absolute atomic E-state index is 0.283. The molecule has 0 aliphatic rings. The first-order chi connectivity index (χ1) is 7.13. The fourth-order valence-electron chi connectivity index (χ4n) is 0.888. The molecule has 0 aliphatic carbocycles. The van der Waals surface area contributed by atoms with Crippen LogP contribution in [0.15, 0.2) is 29.7 Å². The molecule has 0 aromatic heterocycles. The van der Waals surface area contributed by atoms with Crippen LogP contribution in [-0.4, -0.2) is 12.0 Å². The van der Waals surface area contributed by atoms with Gasteiger partial charge in [0.05, 0.1) is 0 Å². The highest BCUT2D eigenvalue weighted by Crippen LogP contribution is 2.21. The molecule has 0 amide bonds. The van der Waals surface area contributed by atoms with Crippen LogP contribution < -0.4 is 0 Å². The van der Waals surface area contributed by atoms with E-state index in [1.807, 2.05) is 0 Å². The molecule has 0 radical (unpaired) electrons. The smallest absolute Gasteiger partial charge is 0.213 e. The maximum Gasteiger partial charge on any atom is 0.213 e. The lowest BCUT2D eigenvalue weighted by molar-refractivity contribution is -0.490. The van der Waals surface area contributed by atoms with E-state index in [0.29, 0.717) is 15.6 Å². The third-order valence-electron chi connectivity index (χ3n) is 1.51. The molecule has 0 atom stereocenters. The van der Waals surface area contributed by atoms with Crippen molar-refractivity contribution in [2.45, 2.75) is 0 Å². The van der Waals surface area contributed by atoms with Gasteiger partial charge < -0.3 is 10.0 Å². The highest BCUT2D eigenvalue weighted by molar-refractivity contribution is 6.35. The molecule has 1 aromatic rings. The van der Waals surface area contributed by atoms with E-state index < -0.39 is 0 Å². The second-order valence-corrected chi connectivity index (χ2v) is 3.39. The van der Waals surface area contributed by atoms with E-state index in [2.05, 4.69) is 10.1 Å². The fourth-order valence-corrected chi connectivity index (χ4v) is 1.36. The normalized spacial score (nSPS) is 12.1. The molecule has 6 heteroatoms. The molecule has 0 N–H and O–H groups in total. The monoisotopic (exact) mass is 246 g/mol. The molecule has 80 valence electrons. The Balaban J connectivity index is 2.85. The van der Waals surface area contributed by atoms with Crippen molar-refractivity contribution in [2.75, 3.05) is 7.11 Å². The van der Waals surface area contributed by atoms with Crippen LogP contribution in [0.5, 0.6) is 0 Å². The van der Waals surface area contributed by atoms with Gasteiger partial charge in [-0.05, 0) is 22.6 Å². The minimum Gasteiger partial charge on any atom is -0.592 e. The van der Waals surface area contributed by atoms with Crippen molar-refractivity contribution < 1.29 is 9.70 Å². The van der Waals surface area contributed by atoms with Crippen molar-refractivity contribution in [1.82, 2.24) is 0 Å². The summed E-state index contributed by atoms with van der Waals surface area (Å²) in [6.07, 6.45) is 2.69. The standard InChI is InChI=1S/C9H8Cl2N2O2/c1-15-12-13(14)5-4-7-2-3-8(10)6-9(7)11/h2-6H,1H3/b5-4+,13-12-. The summed E-state index contributed by atoms with van der Waals surface area (Å²) in [5, 5.41) is 15.0. The Morgan fingerprint density at radius 3 is 2.80 bits per heavy atom. The van der Waals surface area contributed by atoms with Crippen molar-refractivity contribution in [3.05, 3.63) is 45.2 Å². The number of hydrogen-bond donors (Lipinski definition) is 0. The third kappa shape index (κ3) is 3.77. The molecular weight excluding hydrogens is 239 g/mol. The van der Waals surface area contributed by atoms with Gasteiger partial charge in [0.25, 0.3) is 0 Å². The van der Waals surface area contributed by atoms with Crippen molar-refractivity contribution in [2.24, 2.45) is 5.28 Å². The summed E-state index contributed by atoms with van der Waals surface area (Å²) in [6.45, 7) is 0. The van der Waals surface area contributed by atoms with Gasteiger partial charge in [-0.15, -0.1) is 0 Å². The van der Waals surface area contributed by atoms with Crippen molar-refractivity contribution in [3.8, 4) is 0 Å². The van der Waals surface area contributed by atoms with Crippen LogP contribution in [0.4, 0.5) is 0 Å². The number of hydrogen-bond acceptors (Lipinski definition) is 3. The van der Waals surface area contributed by atoms with Gasteiger partial charge in [0.15, 0.2) is 0 Å². The highest BCUT2D eigenvalue weighted by atomic mass is 35.5. The second-order valence-electron chi connectivity index (χ2n) is 2.55. The van der Waals surface area contributed by atoms with Gasteiger partial charge in [-0.25, -0.2) is 0 Å². The summed E-state index contributed by atoms with van der Waals surface area (Å²) in [7, 11) is 1.29. The van der Waals surface area contributed by atoms with Gasteiger partial charge in [0, 0.05) is 16.1 Å². The fraction of sp³-hybridized carbons (Fsp3) is 0.111. The van der Waals surface area contributed by atoms with E-state index in [0.717, 1.165) is 0 Å². The van der Waals surface area contributed by atoms with Gasteiger partial charge in [-0.1, -0.05) is 29.3 Å². The minimum atomic E-state index is 0.283. The van der Waals surface area contributed by atoms with Crippen LogP contribution in [0.3, 0.4) is 0 Å². The maximum atomic E-state index is 10.9. The number of benzene rings is 1. The molecule has 0 saturated carbocycles. The quantitative estimate of drug-likeness (QED) is 0.466. The zero-order valence-corrected chi connectivity index (χ0v) is 9.37. The number of rotatable bonds is 3. The Hall–Kier alpha value is -1.26. The van der Waals surface area contributed by atoms with Crippen LogP contribution in [-0.2, 0) is 4.84 Å². The van der Waals surface area contributed by atoms with Gasteiger partial charge in [0.2, 0.25) is 11.5 Å². The number of halogens is 2. The van der Waals surface area contributed by atoms with Crippen molar-refractivity contribution >= 4 is 29.3 Å². The third-order valence-corrected chi connectivity index (χ3v) is 2.07. The summed E-state index contributed by atoms with van der Waals surface area (Å²) in [5.41, 5.74) is 0.674. The predicted molar refractivity (Wildman–Crippen MR) is 58.6 cm³/mol. The maximum absolute atomic E-state index is 10.9. The van der Waals surface area contributed by atoms with Crippen LogP contribution in [0.25, 0.3) is 6.08 Å². The van der Waals surface area contributed by atoms with E-state index >= 15 is 0 Å². The van der Waals surface area contributed by atoms with E-state index in [1.165, 1.54) is 19.4 Å². The zero-order valence-electron chi connectivity index (χ0n) is 7.85. The number of nitrogens with zero attached hydrogens (tertiary/aromatic N) is 2. The molecule has 1 rings (SSSR count). The molecule has 0 fully saturated rings. The summed E-state index contributed by atoms with van der Waals surface area (Å²) < 4.78 is 0. The van der Waals surface area contributed by atoms with Crippen LogP contribution in [0, 0.1) is 5.21 Å². The predicted octanol–water partition coefficient (Wildman–Crippen LogP) is 3.49. The lowest BCUT2D eigenvalue weighted by Gasteiger charge is -1.97. The Morgan fingerprint density at radius 2 is 2.20 bits per heavy atom. The summed E-state index contributed by atoms with van der Waals surface area (Å²) in [5.74, 6) is 0. The summed E-state index contributed by atoms with van der Waals surface area (Å²) >= 11 is 11.6. The molecule has 0 heterocycles. The second kappa shape index (κ2) is 5.58. The molecule has 0 saturated heterocycles. The molecule has 1 aromatic carbocycles. The van der Waals surface area contributed by atoms with E-state index in [9.17, 15) is 5.21 Å². The van der Waals surface area contributed by atoms with Gasteiger partial charge >= 0.3 is 0 Å². The zero-order chi connectivity index (χ0) is 11.3. The van der Waals surface area contributed by atoms with Crippen molar-refractivity contribution in [3.63, 3.8) is 0 Å². The Labute approximate surface area is 96.9 Å². The lowest BCUT2D eigenvalue weighted by Crippen LogP contribution is -1.88. The van der Waals surface area contributed by atoms with E-state index in [-0.39, 0.29) is 4.86 Å². The molecule has 0 aliphatic heterocycles. The average Bonchev–Trinajstić information content (AvgIpc) is 2.17. The topological polar surface area (TPSA) is 47.7 Å². The van der Waals surface area contributed by atoms with Crippen LogP contribution in [0.1, 0.15) is 5.56 Å². The van der Waals surface area contributed by atoms with Crippen molar-refractivity contribution in [1.29, 1.82) is 0 Å². The van der Waals surface area contributed by atoms with Gasteiger partial charge in [-0.2, -0.15) is 0 Å². The SMILES string of the molecule is CO/N=[N+]([O-])/C=C/c1ccc(Cl)cc1Cl. The largest absolute Gasteiger partial charge is 0.592 e. The Bertz CT molecular complexity index is 405. The molecule has 15 heavy (non-hydrogen) atoms. The van der Waals surface area contributed by atoms with Gasteiger partial charge in [-0.3, -0.25) is 0 Å². The molecule has 4 nitrogen and oxygen atoms in total. The van der Waals surface area contributed by atoms with E-state index in [4.69, 9.17) is 23.2 Å². The Morgan fingerprint density at radius 1 is 1.47 bits per heavy atom. The highest BCUT2D eigenvalue weighted by Gasteiger charge is 1.98. The summed E-state index contributed by atoms with van der Waals surface area (Å²) in [6, 6.07) is 4.96. The van der Waals surface area contributed by atoms with Crippen LogP contribution in [0.2, 0.25) is 10.0 Å².